The molecule has 0 spiro atoms. The maximum Gasteiger partial charge on any atom is 0.411 e. The first-order chi connectivity index (χ1) is 14.2. The van der Waals surface area contributed by atoms with Crippen LogP contribution in [0.15, 0.2) is 24.3 Å². The molecule has 1 aromatic heterocycles. The van der Waals surface area contributed by atoms with Crippen LogP contribution in [0, 0.1) is 0 Å². The molecule has 1 amide bonds. The zero-order valence-electron chi connectivity index (χ0n) is 16.2. The van der Waals surface area contributed by atoms with Crippen molar-refractivity contribution in [3.05, 3.63) is 35.1 Å². The monoisotopic (exact) mass is 420 g/mol. The van der Waals surface area contributed by atoms with Crippen LogP contribution >= 0.6 is 11.6 Å². The molecule has 2 aromatic rings. The Hall–Kier alpha value is -2.23. The van der Waals surface area contributed by atoms with Crippen molar-refractivity contribution < 1.29 is 14.3 Å². The molecule has 0 atom stereocenters. The maximum absolute atomic E-state index is 12.0. The summed E-state index contributed by atoms with van der Waals surface area (Å²) in [5, 5.41) is 15.7. The van der Waals surface area contributed by atoms with Crippen LogP contribution in [-0.4, -0.2) is 64.1 Å². The predicted octanol–water partition coefficient (Wildman–Crippen LogP) is 2.68. The van der Waals surface area contributed by atoms with Gasteiger partial charge in [-0.25, -0.2) is 9.48 Å². The third kappa shape index (κ3) is 4.52. The second-order valence-electron chi connectivity index (χ2n) is 7.33. The van der Waals surface area contributed by atoms with E-state index in [9.17, 15) is 4.79 Å². The van der Waals surface area contributed by atoms with Crippen LogP contribution in [0.3, 0.4) is 0 Å². The van der Waals surface area contributed by atoms with Crippen LogP contribution < -0.4 is 5.32 Å². The zero-order valence-corrected chi connectivity index (χ0v) is 17.0. The number of ether oxygens (including phenoxy) is 2. The minimum absolute atomic E-state index is 0.154. The molecule has 1 N–H and O–H groups in total. The molecule has 1 aliphatic carbocycles. The number of halogens is 1. The number of carbonyl (C=O) groups excluding carboxylic acids is 1. The lowest BCUT2D eigenvalue weighted by molar-refractivity contribution is -0.0284. The first kappa shape index (κ1) is 20.1. The van der Waals surface area contributed by atoms with Crippen molar-refractivity contribution in [2.45, 2.75) is 37.8 Å². The molecule has 1 aliphatic heterocycles. The Morgan fingerprint density at radius 2 is 1.93 bits per heavy atom. The molecular weight excluding hydrogens is 396 g/mol. The Kier molecular flexibility index (Phi) is 6.27. The molecule has 29 heavy (non-hydrogen) atoms. The lowest BCUT2D eigenvalue weighted by Crippen LogP contribution is -2.51. The molecular formula is C19H25ClN6O3. The second kappa shape index (κ2) is 9.06. The van der Waals surface area contributed by atoms with E-state index in [-0.39, 0.29) is 12.1 Å². The average molecular weight is 421 g/mol. The number of tetrazole rings is 1. The van der Waals surface area contributed by atoms with Crippen molar-refractivity contribution in [3.63, 3.8) is 0 Å². The number of nitrogens with one attached hydrogen (secondary N) is 1. The molecule has 1 aromatic carbocycles. The van der Waals surface area contributed by atoms with Gasteiger partial charge >= 0.3 is 6.09 Å². The Bertz CT molecular complexity index is 816. The van der Waals surface area contributed by atoms with E-state index in [1.807, 2.05) is 0 Å². The highest BCUT2D eigenvalue weighted by Gasteiger charge is 2.45. The summed E-state index contributed by atoms with van der Waals surface area (Å²) in [7, 11) is 0. The third-order valence-electron chi connectivity index (χ3n) is 5.62. The minimum atomic E-state index is -0.522. The van der Waals surface area contributed by atoms with E-state index in [1.165, 1.54) is 0 Å². The van der Waals surface area contributed by atoms with Crippen molar-refractivity contribution in [1.29, 1.82) is 0 Å². The molecule has 4 rings (SSSR count). The van der Waals surface area contributed by atoms with Crippen LogP contribution in [-0.2, 0) is 21.6 Å². The summed E-state index contributed by atoms with van der Waals surface area (Å²) in [6.45, 7) is 3.81. The number of hydrogen-bond donors (Lipinski definition) is 1. The van der Waals surface area contributed by atoms with E-state index < -0.39 is 6.09 Å². The Morgan fingerprint density at radius 1 is 1.21 bits per heavy atom. The standard InChI is InChI=1S/C19H25ClN6O3/c20-15-3-5-16(6-4-15)21-18(27)29-14-11-26-17(22-23-24-26)19(7-1-2-8-19)25-9-12-28-13-10-25/h3-6H,1-2,7-14H2,(H,21,27). The molecule has 9 nitrogen and oxygen atoms in total. The first-order valence-electron chi connectivity index (χ1n) is 9.96. The molecule has 156 valence electrons. The fourth-order valence-electron chi connectivity index (χ4n) is 4.23. The lowest BCUT2D eigenvalue weighted by Gasteiger charge is -2.42. The van der Waals surface area contributed by atoms with Crippen molar-refractivity contribution in [1.82, 2.24) is 25.1 Å². The van der Waals surface area contributed by atoms with Gasteiger partial charge in [-0.05, 0) is 47.5 Å². The summed E-state index contributed by atoms with van der Waals surface area (Å²) in [5.74, 6) is 0.860. The SMILES string of the molecule is O=C(Nc1ccc(Cl)cc1)OCCn1nnnc1C1(N2CCOCC2)CCCC1. The van der Waals surface area contributed by atoms with Crippen molar-refractivity contribution in [2.75, 3.05) is 38.2 Å². The summed E-state index contributed by atoms with van der Waals surface area (Å²) in [5.41, 5.74) is 0.471. The minimum Gasteiger partial charge on any atom is -0.447 e. The largest absolute Gasteiger partial charge is 0.447 e. The molecule has 2 aliphatic rings. The third-order valence-corrected chi connectivity index (χ3v) is 5.87. The van der Waals surface area contributed by atoms with Gasteiger partial charge in [-0.2, -0.15) is 0 Å². The average Bonchev–Trinajstić information content (AvgIpc) is 3.41. The van der Waals surface area contributed by atoms with E-state index in [1.54, 1.807) is 28.9 Å². The van der Waals surface area contributed by atoms with Crippen LogP contribution in [0.4, 0.5) is 10.5 Å². The normalized spacial score (nSPS) is 19.2. The molecule has 2 fully saturated rings. The summed E-state index contributed by atoms with van der Waals surface area (Å²) in [6, 6.07) is 6.85. The molecule has 0 radical (unpaired) electrons. The number of hydrogen-bond acceptors (Lipinski definition) is 7. The Morgan fingerprint density at radius 3 is 2.66 bits per heavy atom. The number of nitrogens with zero attached hydrogens (tertiary/aromatic N) is 5. The van der Waals surface area contributed by atoms with Gasteiger partial charge in [0.15, 0.2) is 5.82 Å². The number of morpholine rings is 1. The Labute approximate surface area is 174 Å². The predicted molar refractivity (Wildman–Crippen MR) is 107 cm³/mol. The summed E-state index contributed by atoms with van der Waals surface area (Å²) in [4.78, 5) is 14.5. The highest BCUT2D eigenvalue weighted by atomic mass is 35.5. The summed E-state index contributed by atoms with van der Waals surface area (Å²) < 4.78 is 12.6. The van der Waals surface area contributed by atoms with Gasteiger partial charge in [-0.15, -0.1) is 5.10 Å². The summed E-state index contributed by atoms with van der Waals surface area (Å²) >= 11 is 5.85. The fraction of sp³-hybridized carbons (Fsp3) is 0.579. The molecule has 0 bridgehead atoms. The molecule has 1 saturated heterocycles. The molecule has 0 unspecified atom stereocenters. The van der Waals surface area contributed by atoms with Crippen LogP contribution in [0.1, 0.15) is 31.5 Å². The highest BCUT2D eigenvalue weighted by Crippen LogP contribution is 2.43. The second-order valence-corrected chi connectivity index (χ2v) is 7.77. The van der Waals surface area contributed by atoms with Gasteiger partial charge in [0, 0.05) is 23.8 Å². The van der Waals surface area contributed by atoms with Gasteiger partial charge in [0.05, 0.1) is 25.3 Å². The van der Waals surface area contributed by atoms with E-state index in [4.69, 9.17) is 21.1 Å². The quantitative estimate of drug-likeness (QED) is 0.767. The zero-order chi connectivity index (χ0) is 20.1. The molecule has 1 saturated carbocycles. The van der Waals surface area contributed by atoms with Gasteiger partial charge in [0.2, 0.25) is 0 Å². The summed E-state index contributed by atoms with van der Waals surface area (Å²) in [6.07, 6.45) is 3.86. The van der Waals surface area contributed by atoms with Crippen LogP contribution in [0.2, 0.25) is 5.02 Å². The van der Waals surface area contributed by atoms with Gasteiger partial charge in [0.25, 0.3) is 0 Å². The van der Waals surface area contributed by atoms with Gasteiger partial charge in [-0.1, -0.05) is 24.4 Å². The number of anilines is 1. The first-order valence-corrected chi connectivity index (χ1v) is 10.3. The van der Waals surface area contributed by atoms with Gasteiger partial charge in [0.1, 0.15) is 6.61 Å². The van der Waals surface area contributed by atoms with Crippen LogP contribution in [0.5, 0.6) is 0 Å². The smallest absolute Gasteiger partial charge is 0.411 e. The number of benzene rings is 1. The lowest BCUT2D eigenvalue weighted by atomic mass is 9.93. The number of amides is 1. The number of rotatable bonds is 6. The fourth-order valence-corrected chi connectivity index (χ4v) is 4.36. The van der Waals surface area contributed by atoms with Crippen LogP contribution in [0.25, 0.3) is 0 Å². The number of aromatic nitrogens is 4. The van der Waals surface area contributed by atoms with E-state index in [0.29, 0.717) is 17.3 Å². The van der Waals surface area contributed by atoms with Crippen molar-refractivity contribution in [3.8, 4) is 0 Å². The topological polar surface area (TPSA) is 94.4 Å². The van der Waals surface area contributed by atoms with Crippen molar-refractivity contribution in [2.24, 2.45) is 0 Å². The maximum atomic E-state index is 12.0. The molecule has 10 heteroatoms. The van der Waals surface area contributed by atoms with Gasteiger partial charge < -0.3 is 9.47 Å². The highest BCUT2D eigenvalue weighted by molar-refractivity contribution is 6.30. The van der Waals surface area contributed by atoms with E-state index in [0.717, 1.165) is 57.8 Å². The van der Waals surface area contributed by atoms with E-state index >= 15 is 0 Å². The van der Waals surface area contributed by atoms with Crippen molar-refractivity contribution >= 4 is 23.4 Å². The Balaban J connectivity index is 1.37. The number of carbonyl (C=O) groups is 1. The van der Waals surface area contributed by atoms with Gasteiger partial charge in [-0.3, -0.25) is 10.2 Å². The van der Waals surface area contributed by atoms with E-state index in [2.05, 4.69) is 25.7 Å². The molecule has 2 heterocycles.